The molecule has 3 unspecified atom stereocenters. The SMILES string of the molecule is CC(C)Nc1cc(N(CC(C)Nc2cc(Nc3ccc4ncsc4c3)ncc2C(=O)NC[C@@H](F)C(O)(C2CC2)C(F)(F)F)c2ccc3ncsc3c2)ncc1C(=O)NC[C@@H](F)C(O)(C1CC1)C(F)(F)F. The van der Waals surface area contributed by atoms with E-state index < -0.39 is 78.7 Å². The van der Waals surface area contributed by atoms with Gasteiger partial charge in [0.05, 0.1) is 67.0 Å². The van der Waals surface area contributed by atoms with Crippen LogP contribution in [0.3, 0.4) is 0 Å². The number of aliphatic hydroxyl groups is 2. The summed E-state index contributed by atoms with van der Waals surface area (Å²) in [6.07, 6.45) is -14.0. The zero-order chi connectivity index (χ0) is 50.3. The van der Waals surface area contributed by atoms with Crippen LogP contribution in [0, 0.1) is 11.8 Å². The predicted molar refractivity (Wildman–Crippen MR) is 252 cm³/mol. The fraction of sp³-hybridized carbons (Fsp3) is 0.435. The van der Waals surface area contributed by atoms with Gasteiger partial charge in [-0.15, -0.1) is 22.7 Å². The number of pyridine rings is 2. The molecule has 2 aliphatic carbocycles. The molecule has 5 atom stereocenters. The van der Waals surface area contributed by atoms with Crippen LogP contribution in [0.25, 0.3) is 20.4 Å². The Morgan fingerprint density at radius 2 is 1.21 bits per heavy atom. The summed E-state index contributed by atoms with van der Waals surface area (Å²) in [5.41, 5.74) is -1.20. The molecule has 2 aliphatic rings. The Bertz CT molecular complexity index is 2860. The molecule has 24 heteroatoms. The highest BCUT2D eigenvalue weighted by Crippen LogP contribution is 2.52. The summed E-state index contributed by atoms with van der Waals surface area (Å²) in [4.78, 5) is 46.8. The minimum absolute atomic E-state index is 0.0109. The zero-order valence-electron chi connectivity index (χ0n) is 37.6. The summed E-state index contributed by atoms with van der Waals surface area (Å²) < 4.78 is 116. The second-order valence-corrected chi connectivity index (χ2v) is 19.6. The van der Waals surface area contributed by atoms with Crippen molar-refractivity contribution < 1.29 is 54.9 Å². The van der Waals surface area contributed by atoms with Gasteiger partial charge in [-0.05, 0) is 94.7 Å². The van der Waals surface area contributed by atoms with Crippen molar-refractivity contribution in [2.45, 2.75) is 94.4 Å². The minimum atomic E-state index is -5.29. The Kier molecular flexibility index (Phi) is 14.2. The van der Waals surface area contributed by atoms with Gasteiger partial charge < -0.3 is 41.7 Å². The standard InChI is InChI=1S/C46H48F8N10O4S2/c1-23(2)61-34-15-40(56-17-30(34)42(66)58-19-38(48)44(68,26-6-7-26)46(52,53)54)64(28-9-11-32-36(13-28)70-22-60-32)20-24(3)62-33-14-39(63-27-8-10-31-35(12-27)69-21-59-31)55-16-29(33)41(65)57-18-37(47)43(67,25-4-5-25)45(49,50)51/h8-17,21-26,37-38,67-68H,4-7,18-20H2,1-3H3,(H,56,61)(H,57,65)(H,58,66)(H2,55,62,63)/t24?,37-,38-,43?,44?/m1/s1. The van der Waals surface area contributed by atoms with E-state index in [4.69, 9.17) is 0 Å². The van der Waals surface area contributed by atoms with Crippen molar-refractivity contribution in [2.24, 2.45) is 11.8 Å². The average Bonchev–Trinajstić information content (AvgIpc) is 4.24. The maximum Gasteiger partial charge on any atom is 0.420 e. The lowest BCUT2D eigenvalue weighted by molar-refractivity contribution is -0.288. The van der Waals surface area contributed by atoms with Gasteiger partial charge in [0.25, 0.3) is 11.8 Å². The third-order valence-corrected chi connectivity index (χ3v) is 13.8. The van der Waals surface area contributed by atoms with Gasteiger partial charge in [-0.25, -0.2) is 28.7 Å². The molecule has 2 fully saturated rings. The van der Waals surface area contributed by atoms with Crippen LogP contribution in [0.15, 0.2) is 71.9 Å². The van der Waals surface area contributed by atoms with Gasteiger partial charge in [-0.2, -0.15) is 26.3 Å². The number of fused-ring (bicyclic) bond motifs is 2. The van der Waals surface area contributed by atoms with Gasteiger partial charge >= 0.3 is 12.4 Å². The van der Waals surface area contributed by atoms with E-state index in [1.807, 2.05) is 12.1 Å². The molecule has 0 saturated heterocycles. The summed E-state index contributed by atoms with van der Waals surface area (Å²) in [5, 5.41) is 34.9. The van der Waals surface area contributed by atoms with E-state index in [0.717, 1.165) is 14.9 Å². The van der Waals surface area contributed by atoms with Crippen molar-refractivity contribution in [3.8, 4) is 0 Å². The summed E-state index contributed by atoms with van der Waals surface area (Å²) in [6, 6.07) is 12.9. The number of anilines is 6. The van der Waals surface area contributed by atoms with Gasteiger partial charge in [-0.1, -0.05) is 0 Å². The highest BCUT2D eigenvalue weighted by Gasteiger charge is 2.67. The summed E-state index contributed by atoms with van der Waals surface area (Å²) >= 11 is 2.78. The highest BCUT2D eigenvalue weighted by molar-refractivity contribution is 7.17. The van der Waals surface area contributed by atoms with E-state index >= 15 is 8.78 Å². The lowest BCUT2D eigenvalue weighted by atomic mass is 9.91. The number of halogens is 8. The number of nitrogens with one attached hydrogen (secondary N) is 5. The summed E-state index contributed by atoms with van der Waals surface area (Å²) in [5.74, 6) is -4.09. The van der Waals surface area contributed by atoms with E-state index in [2.05, 4.69) is 46.5 Å². The Morgan fingerprint density at radius 3 is 1.74 bits per heavy atom. The number of rotatable bonds is 20. The van der Waals surface area contributed by atoms with E-state index in [1.165, 1.54) is 47.2 Å². The Morgan fingerprint density at radius 1 is 0.700 bits per heavy atom. The molecule has 14 nitrogen and oxygen atoms in total. The van der Waals surface area contributed by atoms with E-state index in [9.17, 15) is 46.1 Å². The van der Waals surface area contributed by atoms with Gasteiger partial charge in [0, 0.05) is 54.5 Å². The molecule has 0 spiro atoms. The van der Waals surface area contributed by atoms with Crippen molar-refractivity contribution in [3.05, 3.63) is 83.1 Å². The number of thiazole rings is 2. The fourth-order valence-corrected chi connectivity index (χ4v) is 9.71. The number of alkyl halides is 8. The van der Waals surface area contributed by atoms with E-state index in [-0.39, 0.29) is 72.4 Å². The molecule has 70 heavy (non-hydrogen) atoms. The maximum atomic E-state index is 15.4. The van der Waals surface area contributed by atoms with Crippen LogP contribution >= 0.6 is 22.7 Å². The number of nitrogens with zero attached hydrogens (tertiary/aromatic N) is 5. The van der Waals surface area contributed by atoms with E-state index in [1.54, 1.807) is 61.0 Å². The number of benzene rings is 2. The highest BCUT2D eigenvalue weighted by atomic mass is 32.1. The molecular formula is C46H48F8N10O4S2. The first kappa shape index (κ1) is 50.4. The lowest BCUT2D eigenvalue weighted by Crippen LogP contribution is -2.57. The molecule has 8 rings (SSSR count). The van der Waals surface area contributed by atoms with Crippen molar-refractivity contribution >= 4 is 89.3 Å². The van der Waals surface area contributed by atoms with Gasteiger partial charge in [0.2, 0.25) is 0 Å². The average molecular weight is 1020 g/mol. The molecule has 7 N–H and O–H groups in total. The molecule has 4 heterocycles. The summed E-state index contributed by atoms with van der Waals surface area (Å²) in [7, 11) is 0. The smallest absolute Gasteiger partial charge is 0.382 e. The molecule has 374 valence electrons. The molecular weight excluding hydrogens is 973 g/mol. The molecule has 0 aliphatic heterocycles. The number of carbonyl (C=O) groups is 2. The Balaban J connectivity index is 1.09. The van der Waals surface area contributed by atoms with Crippen LogP contribution in [-0.4, -0.2) is 110 Å². The zero-order valence-corrected chi connectivity index (χ0v) is 39.3. The van der Waals surface area contributed by atoms with Gasteiger partial charge in [0.15, 0.2) is 23.5 Å². The lowest BCUT2D eigenvalue weighted by Gasteiger charge is -2.33. The first-order valence-corrected chi connectivity index (χ1v) is 24.0. The monoisotopic (exact) mass is 1020 g/mol. The van der Waals surface area contributed by atoms with Crippen molar-refractivity contribution in [1.29, 1.82) is 0 Å². The van der Waals surface area contributed by atoms with Crippen LogP contribution in [-0.2, 0) is 0 Å². The van der Waals surface area contributed by atoms with Crippen molar-refractivity contribution in [2.75, 3.05) is 40.5 Å². The number of amides is 2. The van der Waals surface area contributed by atoms with Crippen LogP contribution in [0.1, 0.15) is 67.2 Å². The van der Waals surface area contributed by atoms with Crippen LogP contribution in [0.2, 0.25) is 0 Å². The predicted octanol–water partition coefficient (Wildman–Crippen LogP) is 9.44. The number of hydrogen-bond donors (Lipinski definition) is 7. The Hall–Kier alpha value is -5.98. The quantitative estimate of drug-likeness (QED) is 0.0360. The van der Waals surface area contributed by atoms with Crippen LogP contribution in [0.5, 0.6) is 0 Å². The van der Waals surface area contributed by atoms with Crippen molar-refractivity contribution in [1.82, 2.24) is 30.6 Å². The van der Waals surface area contributed by atoms with Gasteiger partial charge in [0.1, 0.15) is 11.6 Å². The molecule has 2 saturated carbocycles. The Labute approximate surface area is 403 Å². The fourth-order valence-electron chi connectivity index (χ4n) is 8.28. The minimum Gasteiger partial charge on any atom is -0.382 e. The van der Waals surface area contributed by atoms with Gasteiger partial charge in [-0.3, -0.25) is 9.59 Å². The molecule has 4 aromatic heterocycles. The number of aromatic nitrogens is 4. The molecule has 6 aromatic rings. The third-order valence-electron chi connectivity index (χ3n) is 12.2. The largest absolute Gasteiger partial charge is 0.420 e. The molecule has 2 amide bonds. The van der Waals surface area contributed by atoms with Crippen molar-refractivity contribution in [3.63, 3.8) is 0 Å². The second-order valence-electron chi connectivity index (χ2n) is 17.9. The second kappa shape index (κ2) is 19.7. The molecule has 2 aromatic carbocycles. The normalized spacial score (nSPS) is 17.3. The maximum absolute atomic E-state index is 15.4. The molecule has 0 radical (unpaired) electrons. The molecule has 0 bridgehead atoms. The first-order valence-electron chi connectivity index (χ1n) is 22.2. The summed E-state index contributed by atoms with van der Waals surface area (Å²) in [6.45, 7) is 3.09. The third kappa shape index (κ3) is 10.5. The topological polar surface area (TPSA) is 190 Å². The first-order chi connectivity index (χ1) is 33.1. The van der Waals surface area contributed by atoms with E-state index in [0.29, 0.717) is 16.9 Å². The van der Waals surface area contributed by atoms with Crippen LogP contribution < -0.4 is 31.5 Å². The van der Waals surface area contributed by atoms with Crippen LogP contribution in [0.4, 0.5) is 69.5 Å². The number of hydrogen-bond acceptors (Lipinski definition) is 14. The number of carbonyl (C=O) groups excluding carboxylic acids is 2.